The smallest absolute Gasteiger partial charge is 0.152 e. The lowest BCUT2D eigenvalue weighted by Gasteiger charge is -2.20. The third-order valence-corrected chi connectivity index (χ3v) is 4.94. The van der Waals surface area contributed by atoms with Crippen LogP contribution < -0.4 is 0 Å². The number of nitrogens with zero attached hydrogens (tertiary/aromatic N) is 1. The van der Waals surface area contributed by atoms with Gasteiger partial charge in [-0.05, 0) is 79.8 Å². The molecule has 148 valence electrons. The molecule has 28 heavy (non-hydrogen) atoms. The molecule has 1 heterocycles. The highest BCUT2D eigenvalue weighted by Gasteiger charge is 2.24. The van der Waals surface area contributed by atoms with Crippen LogP contribution >= 0.6 is 0 Å². The molecule has 0 N–H and O–H groups in total. The second kappa shape index (κ2) is 10.1. The van der Waals surface area contributed by atoms with Crippen molar-refractivity contribution < 1.29 is 9.18 Å². The molecule has 0 saturated carbocycles. The van der Waals surface area contributed by atoms with Crippen LogP contribution in [-0.4, -0.2) is 11.3 Å². The predicted molar refractivity (Wildman–Crippen MR) is 116 cm³/mol. The highest BCUT2D eigenvalue weighted by atomic mass is 19.1. The van der Waals surface area contributed by atoms with Crippen LogP contribution in [0.1, 0.15) is 80.2 Å². The normalized spacial score (nSPS) is 14.7. The van der Waals surface area contributed by atoms with E-state index in [2.05, 4.69) is 26.5 Å². The summed E-state index contributed by atoms with van der Waals surface area (Å²) in [6, 6.07) is 6.45. The molecule has 2 nitrogen and oxygen atoms in total. The van der Waals surface area contributed by atoms with Crippen molar-refractivity contribution in [3.8, 4) is 11.1 Å². The minimum absolute atomic E-state index is 0.144. The first kappa shape index (κ1) is 21.7. The lowest BCUT2D eigenvalue weighted by atomic mass is 9.87. The van der Waals surface area contributed by atoms with Gasteiger partial charge >= 0.3 is 0 Å². The van der Waals surface area contributed by atoms with Crippen LogP contribution in [0.3, 0.4) is 0 Å². The number of fused-ring (bicyclic) bond motifs is 1. The molecule has 0 radical (unpaired) electrons. The van der Waals surface area contributed by atoms with Crippen LogP contribution in [0.25, 0.3) is 16.7 Å². The summed E-state index contributed by atoms with van der Waals surface area (Å²) in [7, 11) is 0. The van der Waals surface area contributed by atoms with E-state index in [1.807, 2.05) is 13.8 Å². The maximum atomic E-state index is 13.4. The summed E-state index contributed by atoms with van der Waals surface area (Å²) in [5, 5.41) is 0. The van der Waals surface area contributed by atoms with Gasteiger partial charge in [0.2, 0.25) is 0 Å². The van der Waals surface area contributed by atoms with Crippen molar-refractivity contribution in [1.29, 1.82) is 0 Å². The zero-order valence-electron chi connectivity index (χ0n) is 17.4. The number of carbonyl (C=O) groups is 1. The average molecular weight is 380 g/mol. The number of rotatable bonds is 3. The van der Waals surface area contributed by atoms with Crippen molar-refractivity contribution in [3.63, 3.8) is 0 Å². The van der Waals surface area contributed by atoms with Gasteiger partial charge in [0.05, 0.1) is 11.4 Å². The van der Waals surface area contributed by atoms with Crippen LogP contribution in [0.4, 0.5) is 4.39 Å². The molecule has 0 bridgehead atoms. The Morgan fingerprint density at radius 1 is 1.11 bits per heavy atom. The van der Waals surface area contributed by atoms with E-state index in [1.54, 1.807) is 18.2 Å². The number of hydrogen-bond acceptors (Lipinski definition) is 2. The summed E-state index contributed by atoms with van der Waals surface area (Å²) in [6.07, 6.45) is 8.90. The average Bonchev–Trinajstić information content (AvgIpc) is 2.89. The molecule has 0 saturated heterocycles. The van der Waals surface area contributed by atoms with Gasteiger partial charge in [-0.25, -0.2) is 4.39 Å². The zero-order valence-corrected chi connectivity index (χ0v) is 17.4. The highest BCUT2D eigenvalue weighted by Crippen LogP contribution is 2.39. The van der Waals surface area contributed by atoms with Crippen LogP contribution in [0.15, 0.2) is 43.0 Å². The fourth-order valence-electron chi connectivity index (χ4n) is 3.69. The van der Waals surface area contributed by atoms with Crippen LogP contribution in [0, 0.1) is 5.82 Å². The Morgan fingerprint density at radius 2 is 1.71 bits per heavy atom. The Bertz CT molecular complexity index is 863. The second-order valence-corrected chi connectivity index (χ2v) is 7.32. The SMILES string of the molecule is C/C=C1\CCCCc2c1nc(C(C)C)c(C=O)c2-c1ccc(F)cc1.C=CC. The first-order valence-corrected chi connectivity index (χ1v) is 9.98. The molecular formula is C25H30FNO. The summed E-state index contributed by atoms with van der Waals surface area (Å²) in [4.78, 5) is 16.9. The first-order chi connectivity index (χ1) is 13.5. The quantitative estimate of drug-likeness (QED) is 0.322. The Morgan fingerprint density at radius 3 is 2.25 bits per heavy atom. The Labute approximate surface area is 168 Å². The van der Waals surface area contributed by atoms with E-state index in [0.29, 0.717) is 5.56 Å². The molecule has 0 spiro atoms. The van der Waals surface area contributed by atoms with Crippen molar-refractivity contribution in [3.05, 3.63) is 71.3 Å². The van der Waals surface area contributed by atoms with Crippen molar-refractivity contribution in [2.45, 2.75) is 59.3 Å². The molecule has 0 amide bonds. The van der Waals surface area contributed by atoms with Crippen LogP contribution in [-0.2, 0) is 6.42 Å². The lowest BCUT2D eigenvalue weighted by molar-refractivity contribution is 0.112. The number of aldehydes is 1. The summed E-state index contributed by atoms with van der Waals surface area (Å²) in [6.45, 7) is 11.4. The van der Waals surface area contributed by atoms with E-state index in [1.165, 1.54) is 17.7 Å². The van der Waals surface area contributed by atoms with Gasteiger partial charge in [-0.3, -0.25) is 9.78 Å². The molecular weight excluding hydrogens is 349 g/mol. The lowest BCUT2D eigenvalue weighted by Crippen LogP contribution is -2.09. The van der Waals surface area contributed by atoms with E-state index in [9.17, 15) is 9.18 Å². The number of carbonyl (C=O) groups excluding carboxylic acids is 1. The molecule has 0 aliphatic heterocycles. The van der Waals surface area contributed by atoms with E-state index in [4.69, 9.17) is 4.98 Å². The molecule has 0 fully saturated rings. The molecule has 2 aromatic rings. The number of halogens is 1. The first-order valence-electron chi connectivity index (χ1n) is 9.98. The molecule has 1 aliphatic carbocycles. The second-order valence-electron chi connectivity index (χ2n) is 7.32. The van der Waals surface area contributed by atoms with Gasteiger partial charge in [0, 0.05) is 5.56 Å². The van der Waals surface area contributed by atoms with Gasteiger partial charge in [0.25, 0.3) is 0 Å². The van der Waals surface area contributed by atoms with Gasteiger partial charge in [-0.15, -0.1) is 6.58 Å². The highest BCUT2D eigenvalue weighted by molar-refractivity contribution is 5.92. The number of pyridine rings is 1. The van der Waals surface area contributed by atoms with E-state index in [0.717, 1.165) is 60.0 Å². The number of allylic oxidation sites excluding steroid dienone is 3. The van der Waals surface area contributed by atoms with Gasteiger partial charge < -0.3 is 0 Å². The Kier molecular flexibility index (Phi) is 7.86. The summed E-state index contributed by atoms with van der Waals surface area (Å²) < 4.78 is 13.4. The van der Waals surface area contributed by atoms with E-state index < -0.39 is 0 Å². The van der Waals surface area contributed by atoms with Gasteiger partial charge in [0.1, 0.15) is 5.82 Å². The predicted octanol–water partition coefficient (Wildman–Crippen LogP) is 7.15. The third-order valence-electron chi connectivity index (χ3n) is 4.94. The molecule has 0 atom stereocenters. The third kappa shape index (κ3) is 4.64. The molecule has 1 aromatic heterocycles. The Hall–Kier alpha value is -2.55. The standard InChI is InChI=1S/C22H24FNO.C3H6/c1-4-15-7-5-6-8-18-20(16-9-11-17(23)12-10-16)19(13-25)21(14(2)3)24-22(15)18;1-3-2/h4,9-14H,5-8H2,1-3H3;3H,1H2,2H3/b15-4+;. The number of benzene rings is 1. The molecule has 1 aromatic carbocycles. The van der Waals surface area contributed by atoms with Gasteiger partial charge in [0.15, 0.2) is 6.29 Å². The van der Waals surface area contributed by atoms with Gasteiger partial charge in [-0.2, -0.15) is 0 Å². The maximum absolute atomic E-state index is 13.4. The number of aromatic nitrogens is 1. The number of hydrogen-bond donors (Lipinski definition) is 0. The van der Waals surface area contributed by atoms with Crippen molar-refractivity contribution in [1.82, 2.24) is 4.98 Å². The fourth-order valence-corrected chi connectivity index (χ4v) is 3.69. The van der Waals surface area contributed by atoms with Crippen LogP contribution in [0.5, 0.6) is 0 Å². The fraction of sp³-hybridized carbons (Fsp3) is 0.360. The molecule has 1 aliphatic rings. The maximum Gasteiger partial charge on any atom is 0.152 e. The van der Waals surface area contributed by atoms with Crippen molar-refractivity contribution in [2.75, 3.05) is 0 Å². The van der Waals surface area contributed by atoms with E-state index >= 15 is 0 Å². The monoisotopic (exact) mass is 379 g/mol. The topological polar surface area (TPSA) is 30.0 Å². The Balaban J connectivity index is 0.000000878. The molecule has 3 rings (SSSR count). The van der Waals surface area contributed by atoms with Crippen molar-refractivity contribution in [2.24, 2.45) is 0 Å². The molecule has 3 heteroatoms. The van der Waals surface area contributed by atoms with Crippen molar-refractivity contribution >= 4 is 11.9 Å². The minimum Gasteiger partial charge on any atom is -0.298 e. The minimum atomic E-state index is -0.269. The zero-order chi connectivity index (χ0) is 20.7. The summed E-state index contributed by atoms with van der Waals surface area (Å²) >= 11 is 0. The van der Waals surface area contributed by atoms with E-state index in [-0.39, 0.29) is 11.7 Å². The summed E-state index contributed by atoms with van der Waals surface area (Å²) in [5.41, 5.74) is 6.70. The van der Waals surface area contributed by atoms with Gasteiger partial charge in [-0.1, -0.05) is 38.1 Å². The summed E-state index contributed by atoms with van der Waals surface area (Å²) in [5.74, 6) is -0.124. The van der Waals surface area contributed by atoms with Crippen LogP contribution in [0.2, 0.25) is 0 Å². The largest absolute Gasteiger partial charge is 0.298 e. The molecule has 0 unspecified atom stereocenters.